The van der Waals surface area contributed by atoms with Crippen molar-refractivity contribution >= 4 is 46.0 Å². The van der Waals surface area contributed by atoms with Crippen LogP contribution in [0.2, 0.25) is 0 Å². The van der Waals surface area contributed by atoms with Gasteiger partial charge in [-0.1, -0.05) is 6.07 Å². The third-order valence-electron chi connectivity index (χ3n) is 6.46. The van der Waals surface area contributed by atoms with E-state index in [0.717, 1.165) is 46.0 Å². The Morgan fingerprint density at radius 1 is 0.700 bits per heavy atom. The van der Waals surface area contributed by atoms with Crippen LogP contribution in [0.1, 0.15) is 46.0 Å². The Labute approximate surface area is 231 Å². The molecule has 0 aliphatic heterocycles. The lowest BCUT2D eigenvalue weighted by atomic mass is 10.1. The van der Waals surface area contributed by atoms with Crippen LogP contribution in [0.3, 0.4) is 0 Å². The Kier molecular flexibility index (Phi) is 7.92. The molecule has 0 atom stereocenters. The fourth-order valence-corrected chi connectivity index (χ4v) is 4.44. The normalized spacial score (nSPS) is 11.4. The summed E-state index contributed by atoms with van der Waals surface area (Å²) in [5, 5.41) is 10.3. The number of hydrazone groups is 2. The zero-order valence-corrected chi connectivity index (χ0v) is 22.3. The van der Waals surface area contributed by atoms with Crippen molar-refractivity contribution in [2.24, 2.45) is 10.2 Å². The van der Waals surface area contributed by atoms with Crippen molar-refractivity contribution in [1.82, 2.24) is 15.8 Å². The average Bonchev–Trinajstić information content (AvgIpc) is 3.00. The van der Waals surface area contributed by atoms with Gasteiger partial charge >= 0.3 is 0 Å². The number of fused-ring (bicyclic) bond motifs is 2. The molecular formula is C31H29N7O2+2. The van der Waals surface area contributed by atoms with Gasteiger partial charge in [-0.05, 0) is 73.5 Å². The monoisotopic (exact) mass is 531 g/mol. The summed E-state index contributed by atoms with van der Waals surface area (Å²) in [7, 11) is 0. The third-order valence-corrected chi connectivity index (χ3v) is 6.46. The largest absolute Gasteiger partial charge is 0.289 e. The number of nitrogens with zero attached hydrogens (tertiary/aromatic N) is 5. The van der Waals surface area contributed by atoms with Crippen molar-refractivity contribution in [1.29, 1.82) is 0 Å². The lowest BCUT2D eigenvalue weighted by molar-refractivity contribution is -0.668. The maximum atomic E-state index is 12.6. The number of pyridine rings is 3. The van der Waals surface area contributed by atoms with Crippen LogP contribution in [-0.2, 0) is 13.1 Å². The third kappa shape index (κ3) is 5.88. The Morgan fingerprint density at radius 2 is 1.18 bits per heavy atom. The highest BCUT2D eigenvalue weighted by Crippen LogP contribution is 2.12. The summed E-state index contributed by atoms with van der Waals surface area (Å²) in [6, 6.07) is 24.6. The van der Waals surface area contributed by atoms with E-state index in [-0.39, 0.29) is 11.4 Å². The van der Waals surface area contributed by atoms with E-state index >= 15 is 0 Å². The van der Waals surface area contributed by atoms with Crippen molar-refractivity contribution < 1.29 is 18.7 Å². The summed E-state index contributed by atoms with van der Waals surface area (Å²) < 4.78 is 4.31. The van der Waals surface area contributed by atoms with Crippen LogP contribution in [0.25, 0.3) is 21.8 Å². The van der Waals surface area contributed by atoms with Crippen LogP contribution in [0, 0.1) is 0 Å². The molecule has 198 valence electrons. The van der Waals surface area contributed by atoms with Gasteiger partial charge in [0.2, 0.25) is 11.0 Å². The summed E-state index contributed by atoms with van der Waals surface area (Å²) in [6.07, 6.45) is 7.21. The molecule has 5 aromatic rings. The Morgan fingerprint density at radius 3 is 1.62 bits per heavy atom. The summed E-state index contributed by atoms with van der Waals surface area (Å²) in [5.74, 6) is -1.06. The first-order valence-electron chi connectivity index (χ1n) is 13.0. The molecule has 0 unspecified atom stereocenters. The summed E-state index contributed by atoms with van der Waals surface area (Å²) >= 11 is 0. The van der Waals surface area contributed by atoms with Gasteiger partial charge in [-0.15, -0.1) is 0 Å². The summed E-state index contributed by atoms with van der Waals surface area (Å²) in [6.45, 7) is 5.94. The number of rotatable bonds is 8. The molecule has 0 fully saturated rings. The Bertz CT molecular complexity index is 1650. The molecule has 0 aliphatic rings. The molecule has 9 heteroatoms. The summed E-state index contributed by atoms with van der Waals surface area (Å²) in [4.78, 5) is 29.4. The highest BCUT2D eigenvalue weighted by molar-refractivity contribution is 5.97. The highest BCUT2D eigenvalue weighted by atomic mass is 16.2. The molecule has 0 saturated heterocycles. The molecule has 9 nitrogen and oxygen atoms in total. The van der Waals surface area contributed by atoms with Gasteiger partial charge in [0.25, 0.3) is 11.8 Å². The Balaban J connectivity index is 1.21. The van der Waals surface area contributed by atoms with E-state index in [2.05, 4.69) is 49.0 Å². The molecule has 2 amide bonds. The van der Waals surface area contributed by atoms with Crippen LogP contribution >= 0.6 is 0 Å². The number of hydrogen-bond donors (Lipinski definition) is 2. The number of carbonyl (C=O) groups excluding carboxylic acids is 2. The molecule has 0 aliphatic carbocycles. The maximum Gasteiger partial charge on any atom is 0.289 e. The minimum Gasteiger partial charge on any atom is -0.266 e. The van der Waals surface area contributed by atoms with Crippen LogP contribution in [-0.4, -0.2) is 29.2 Å². The second-order valence-corrected chi connectivity index (χ2v) is 9.03. The zero-order chi connectivity index (χ0) is 27.9. The van der Waals surface area contributed by atoms with Gasteiger partial charge in [0.1, 0.15) is 24.5 Å². The lowest BCUT2D eigenvalue weighted by Crippen LogP contribution is -2.32. The summed E-state index contributed by atoms with van der Waals surface area (Å²) in [5.41, 5.74) is 9.00. The van der Waals surface area contributed by atoms with Crippen molar-refractivity contribution in [3.8, 4) is 0 Å². The maximum absolute atomic E-state index is 12.6. The second-order valence-electron chi connectivity index (χ2n) is 9.03. The van der Waals surface area contributed by atoms with Crippen molar-refractivity contribution in [2.75, 3.05) is 0 Å². The SMILES string of the molecule is CC[n+]1cccc2cc(/C=N/NC(=O)c3cccc(C(=O)N/N=C/c4ccc5c(ccc[n+]5CC)c4)n3)ccc21. The van der Waals surface area contributed by atoms with Gasteiger partial charge in [0.05, 0.1) is 12.4 Å². The number of carbonyl (C=O) groups is 2. The molecule has 5 rings (SSSR count). The zero-order valence-electron chi connectivity index (χ0n) is 22.3. The van der Waals surface area contributed by atoms with Gasteiger partial charge < -0.3 is 0 Å². The lowest BCUT2D eigenvalue weighted by Gasteiger charge is -2.03. The van der Waals surface area contributed by atoms with Crippen LogP contribution < -0.4 is 20.0 Å². The molecule has 0 spiro atoms. The van der Waals surface area contributed by atoms with Gasteiger partial charge in [-0.2, -0.15) is 19.3 Å². The van der Waals surface area contributed by atoms with Gasteiger partial charge in [0, 0.05) is 35.0 Å². The molecule has 2 N–H and O–H groups in total. The fourth-order valence-electron chi connectivity index (χ4n) is 4.44. The average molecular weight is 532 g/mol. The first kappa shape index (κ1) is 26.3. The van der Waals surface area contributed by atoms with E-state index < -0.39 is 11.8 Å². The first-order chi connectivity index (χ1) is 19.6. The molecular weight excluding hydrogens is 502 g/mol. The second kappa shape index (κ2) is 12.0. The van der Waals surface area contributed by atoms with E-state index in [9.17, 15) is 9.59 Å². The van der Waals surface area contributed by atoms with Gasteiger partial charge in [-0.3, -0.25) is 9.59 Å². The van der Waals surface area contributed by atoms with Crippen LogP contribution in [0.5, 0.6) is 0 Å². The molecule has 0 saturated carbocycles. The number of amides is 2. The van der Waals surface area contributed by atoms with Crippen molar-refractivity contribution in [3.63, 3.8) is 0 Å². The number of aromatic nitrogens is 3. The van der Waals surface area contributed by atoms with Crippen LogP contribution in [0.4, 0.5) is 0 Å². The van der Waals surface area contributed by atoms with Gasteiger partial charge in [0.15, 0.2) is 12.4 Å². The molecule has 0 radical (unpaired) electrons. The number of aryl methyl sites for hydroxylation is 2. The minimum atomic E-state index is -0.528. The quantitative estimate of drug-likeness (QED) is 0.182. The predicted octanol–water partition coefficient (Wildman–Crippen LogP) is 3.53. The smallest absolute Gasteiger partial charge is 0.266 e. The number of benzene rings is 2. The fraction of sp³-hybridized carbons (Fsp3) is 0.129. The van der Waals surface area contributed by atoms with Crippen LogP contribution in [0.15, 0.2) is 101 Å². The van der Waals surface area contributed by atoms with E-state index in [4.69, 9.17) is 0 Å². The van der Waals surface area contributed by atoms with Crippen molar-refractivity contribution in [3.05, 3.63) is 114 Å². The topological polar surface area (TPSA) is 104 Å². The minimum absolute atomic E-state index is 0.0648. The highest BCUT2D eigenvalue weighted by Gasteiger charge is 2.12. The molecule has 3 heterocycles. The van der Waals surface area contributed by atoms with Gasteiger partial charge in [-0.25, -0.2) is 15.8 Å². The predicted molar refractivity (Wildman–Crippen MR) is 154 cm³/mol. The van der Waals surface area contributed by atoms with E-state index in [1.165, 1.54) is 12.1 Å². The molecule has 2 aromatic carbocycles. The molecule has 0 bridgehead atoms. The standard InChI is InChI=1S/C31H27N7O2/c1-3-37-16-6-8-24-18-22(12-14-28(24)37)20-32-35-30(39)26-10-5-11-27(34-26)31(40)36-33-21-23-13-15-29-25(19-23)9-7-17-38(29)4-2/h5-21H,3-4H2,1-2H3/p+2/b32-20+,33-21+. The number of hydrogen-bond acceptors (Lipinski definition) is 5. The van der Waals surface area contributed by atoms with Crippen molar-refractivity contribution in [2.45, 2.75) is 26.9 Å². The van der Waals surface area contributed by atoms with E-state index in [0.29, 0.717) is 0 Å². The Hall–Kier alpha value is -5.31. The molecule has 40 heavy (non-hydrogen) atoms. The molecule has 3 aromatic heterocycles. The van der Waals surface area contributed by atoms with E-state index in [1.54, 1.807) is 18.5 Å². The number of nitrogens with one attached hydrogen (secondary N) is 2. The first-order valence-corrected chi connectivity index (χ1v) is 13.0. The van der Waals surface area contributed by atoms with E-state index in [1.807, 2.05) is 73.1 Å².